The van der Waals surface area contributed by atoms with Crippen LogP contribution in [-0.4, -0.2) is 99.0 Å². The molecular weight excluding hydrogens is 324 g/mol. The van der Waals surface area contributed by atoms with E-state index in [1.54, 1.807) is 0 Å². The monoisotopic (exact) mass is 350 g/mol. The Hall–Kier alpha value is -0.620. The van der Waals surface area contributed by atoms with Crippen molar-refractivity contribution in [1.82, 2.24) is 0 Å². The molecule has 2 rings (SSSR count). The van der Waals surface area contributed by atoms with Crippen LogP contribution in [0.1, 0.15) is 12.8 Å². The normalized spacial score (nSPS) is 40.4. The zero-order chi connectivity index (χ0) is 17.9. The highest BCUT2D eigenvalue weighted by Crippen LogP contribution is 2.38. The topological polar surface area (TPSA) is 160 Å². The molecule has 0 bridgehead atoms. The Bertz CT molecular complexity index is 439. The molecule has 1 saturated heterocycles. The summed E-state index contributed by atoms with van der Waals surface area (Å²) >= 11 is 0. The maximum atomic E-state index is 10.0. The third-order valence-corrected chi connectivity index (χ3v) is 4.76. The van der Waals surface area contributed by atoms with Crippen LogP contribution in [0.2, 0.25) is 0 Å². The van der Waals surface area contributed by atoms with Crippen LogP contribution in [0.25, 0.3) is 0 Å². The highest BCUT2D eigenvalue weighted by atomic mass is 16.7. The van der Waals surface area contributed by atoms with Gasteiger partial charge in [0.2, 0.25) is 0 Å². The van der Waals surface area contributed by atoms with E-state index < -0.39 is 43.4 Å². The summed E-state index contributed by atoms with van der Waals surface area (Å²) in [5.74, 6) is -0.366. The number of aliphatic hydroxyl groups is 7. The molecule has 9 nitrogen and oxygen atoms in total. The van der Waals surface area contributed by atoms with Crippen molar-refractivity contribution in [3.05, 3.63) is 11.1 Å². The average molecular weight is 350 g/mol. The molecule has 0 radical (unpaired) electrons. The van der Waals surface area contributed by atoms with E-state index in [1.807, 2.05) is 0 Å². The minimum absolute atomic E-state index is 0.151. The summed E-state index contributed by atoms with van der Waals surface area (Å²) in [7, 11) is 0. The van der Waals surface area contributed by atoms with Crippen molar-refractivity contribution in [3.63, 3.8) is 0 Å². The molecule has 7 atom stereocenters. The Labute approximate surface area is 139 Å². The summed E-state index contributed by atoms with van der Waals surface area (Å²) in [6.07, 6.45) is -6.90. The Balaban J connectivity index is 2.11. The molecule has 1 heterocycles. The maximum Gasteiger partial charge on any atom is 0.187 e. The van der Waals surface area contributed by atoms with Crippen molar-refractivity contribution in [2.75, 3.05) is 26.4 Å². The number of ether oxygens (including phenoxy) is 2. The summed E-state index contributed by atoms with van der Waals surface area (Å²) in [6.45, 7) is -1.25. The van der Waals surface area contributed by atoms with Gasteiger partial charge in [-0.15, -0.1) is 0 Å². The first-order chi connectivity index (χ1) is 11.5. The molecule has 7 unspecified atom stereocenters. The quantitative estimate of drug-likeness (QED) is 0.235. The molecule has 7 N–H and O–H groups in total. The van der Waals surface area contributed by atoms with Gasteiger partial charge < -0.3 is 45.2 Å². The highest BCUT2D eigenvalue weighted by molar-refractivity contribution is 5.26. The minimum atomic E-state index is -1.54. The molecule has 0 aromatic carbocycles. The lowest BCUT2D eigenvalue weighted by atomic mass is 9.95. The van der Waals surface area contributed by atoms with Crippen LogP contribution < -0.4 is 0 Å². The Kier molecular flexibility index (Phi) is 7.10. The van der Waals surface area contributed by atoms with Gasteiger partial charge in [-0.05, 0) is 24.0 Å². The second kappa shape index (κ2) is 8.65. The second-order valence-corrected chi connectivity index (χ2v) is 6.14. The fourth-order valence-corrected chi connectivity index (χ4v) is 3.39. The van der Waals surface area contributed by atoms with E-state index in [1.165, 1.54) is 0 Å². The number of aliphatic hydroxyl groups excluding tert-OH is 7. The van der Waals surface area contributed by atoms with Crippen LogP contribution in [0.5, 0.6) is 0 Å². The first-order valence-corrected chi connectivity index (χ1v) is 7.97. The van der Waals surface area contributed by atoms with E-state index in [0.29, 0.717) is 17.6 Å². The van der Waals surface area contributed by atoms with E-state index in [9.17, 15) is 35.7 Å². The van der Waals surface area contributed by atoms with Gasteiger partial charge in [0, 0.05) is 12.5 Å². The van der Waals surface area contributed by atoms with Crippen LogP contribution in [0.4, 0.5) is 0 Å². The van der Waals surface area contributed by atoms with E-state index >= 15 is 0 Å². The Morgan fingerprint density at radius 2 is 1.67 bits per heavy atom. The van der Waals surface area contributed by atoms with Gasteiger partial charge in [0.1, 0.15) is 24.4 Å². The van der Waals surface area contributed by atoms with Gasteiger partial charge >= 0.3 is 0 Å². The van der Waals surface area contributed by atoms with Crippen molar-refractivity contribution >= 4 is 0 Å². The summed E-state index contributed by atoms with van der Waals surface area (Å²) in [5, 5.41) is 67.0. The third-order valence-electron chi connectivity index (χ3n) is 4.76. The molecule has 0 aromatic rings. The number of hydrogen-bond acceptors (Lipinski definition) is 9. The average Bonchev–Trinajstić information content (AvgIpc) is 2.92. The molecule has 0 spiro atoms. The zero-order valence-electron chi connectivity index (χ0n) is 13.2. The molecule has 0 saturated carbocycles. The van der Waals surface area contributed by atoms with Gasteiger partial charge in [0.05, 0.1) is 25.9 Å². The van der Waals surface area contributed by atoms with Gasteiger partial charge in [-0.2, -0.15) is 0 Å². The maximum absolute atomic E-state index is 10.0. The largest absolute Gasteiger partial charge is 0.396 e. The van der Waals surface area contributed by atoms with Gasteiger partial charge in [-0.3, -0.25) is 0 Å². The fraction of sp³-hybridized carbons (Fsp3) is 0.867. The highest BCUT2D eigenvalue weighted by Gasteiger charge is 2.46. The van der Waals surface area contributed by atoms with E-state index in [4.69, 9.17) is 9.47 Å². The molecule has 1 aliphatic carbocycles. The number of rotatable bonds is 7. The first-order valence-electron chi connectivity index (χ1n) is 7.97. The third kappa shape index (κ3) is 3.79. The van der Waals surface area contributed by atoms with Crippen molar-refractivity contribution in [2.24, 2.45) is 5.92 Å². The second-order valence-electron chi connectivity index (χ2n) is 6.14. The minimum Gasteiger partial charge on any atom is -0.396 e. The van der Waals surface area contributed by atoms with Crippen molar-refractivity contribution < 1.29 is 45.2 Å². The number of hydrogen-bond donors (Lipinski definition) is 7. The molecule has 140 valence electrons. The SMILES string of the molecule is OCCC1C(CO)=C(CO)CC1OC1OC(CO)C(O)C(O)C1O. The smallest absolute Gasteiger partial charge is 0.187 e. The van der Waals surface area contributed by atoms with Crippen LogP contribution in [0.3, 0.4) is 0 Å². The molecule has 0 amide bonds. The summed E-state index contributed by atoms with van der Waals surface area (Å²) in [5.41, 5.74) is 1.19. The van der Waals surface area contributed by atoms with Crippen LogP contribution in [0, 0.1) is 5.92 Å². The Morgan fingerprint density at radius 3 is 2.21 bits per heavy atom. The first kappa shape index (κ1) is 19.7. The summed E-state index contributed by atoms with van der Waals surface area (Å²) in [6, 6.07) is 0. The fourth-order valence-electron chi connectivity index (χ4n) is 3.39. The standard InChI is InChI=1S/C15H26O9/c16-2-1-8-9(5-18)7(4-17)3-10(8)23-15-14(22)13(21)12(20)11(6-19)24-15/h8,10-22H,1-6H2. The molecule has 1 fully saturated rings. The van der Waals surface area contributed by atoms with Crippen molar-refractivity contribution in [1.29, 1.82) is 0 Å². The molecule has 24 heavy (non-hydrogen) atoms. The van der Waals surface area contributed by atoms with Crippen molar-refractivity contribution in [2.45, 2.75) is 49.7 Å². The molecule has 1 aliphatic heterocycles. The summed E-state index contributed by atoms with van der Waals surface area (Å²) < 4.78 is 11.0. The lowest BCUT2D eigenvalue weighted by Crippen LogP contribution is -2.59. The van der Waals surface area contributed by atoms with E-state index in [0.717, 1.165) is 0 Å². The van der Waals surface area contributed by atoms with Crippen LogP contribution in [-0.2, 0) is 9.47 Å². The lowest BCUT2D eigenvalue weighted by molar-refractivity contribution is -0.313. The zero-order valence-corrected chi connectivity index (χ0v) is 13.2. The Morgan fingerprint density at radius 1 is 0.958 bits per heavy atom. The lowest BCUT2D eigenvalue weighted by Gasteiger charge is -2.41. The van der Waals surface area contributed by atoms with Gasteiger partial charge in [0.25, 0.3) is 0 Å². The van der Waals surface area contributed by atoms with Gasteiger partial charge in [-0.25, -0.2) is 0 Å². The predicted octanol–water partition coefficient (Wildman–Crippen LogP) is -3.14. The molecule has 9 heteroatoms. The molecule has 0 aromatic heterocycles. The predicted molar refractivity (Wildman–Crippen MR) is 79.6 cm³/mol. The van der Waals surface area contributed by atoms with Gasteiger partial charge in [-0.1, -0.05) is 0 Å². The van der Waals surface area contributed by atoms with Gasteiger partial charge in [0.15, 0.2) is 6.29 Å². The van der Waals surface area contributed by atoms with Crippen LogP contribution in [0.15, 0.2) is 11.1 Å². The molecular formula is C15H26O9. The van der Waals surface area contributed by atoms with E-state index in [-0.39, 0.29) is 32.2 Å². The van der Waals surface area contributed by atoms with E-state index in [2.05, 4.69) is 0 Å². The molecule has 2 aliphatic rings. The van der Waals surface area contributed by atoms with Crippen LogP contribution >= 0.6 is 0 Å². The summed E-state index contributed by atoms with van der Waals surface area (Å²) in [4.78, 5) is 0. The van der Waals surface area contributed by atoms with Crippen molar-refractivity contribution in [3.8, 4) is 0 Å².